The molecule has 1 unspecified atom stereocenters. The third-order valence-electron chi connectivity index (χ3n) is 4.44. The molecule has 0 aliphatic rings. The molecule has 0 saturated carbocycles. The van der Waals surface area contributed by atoms with Gasteiger partial charge < -0.3 is 10.2 Å². The molecule has 28 heavy (non-hydrogen) atoms. The summed E-state index contributed by atoms with van der Waals surface area (Å²) in [6.45, 7) is 4.71. The van der Waals surface area contributed by atoms with Crippen LogP contribution in [0.5, 0.6) is 0 Å². The van der Waals surface area contributed by atoms with Crippen LogP contribution in [-0.4, -0.2) is 41.6 Å². The minimum absolute atomic E-state index is 0.0354. The van der Waals surface area contributed by atoms with Gasteiger partial charge in [-0.05, 0) is 37.5 Å². The van der Waals surface area contributed by atoms with Crippen molar-refractivity contribution in [2.75, 3.05) is 18.8 Å². The fourth-order valence-corrected chi connectivity index (χ4v) is 4.03. The molecule has 2 amide bonds. The highest BCUT2D eigenvalue weighted by Crippen LogP contribution is 2.21. The molecule has 0 heterocycles. The molecule has 0 aliphatic carbocycles. The topological polar surface area (TPSA) is 49.4 Å². The number of nitrogens with one attached hydrogen (secondary N) is 1. The van der Waals surface area contributed by atoms with Gasteiger partial charge in [0.25, 0.3) is 0 Å². The Bertz CT molecular complexity index is 770. The predicted molar refractivity (Wildman–Crippen MR) is 118 cm³/mol. The molecule has 6 heteroatoms. The normalized spacial score (nSPS) is 11.7. The number of halogens is 1. The van der Waals surface area contributed by atoms with Crippen molar-refractivity contribution < 1.29 is 9.59 Å². The van der Waals surface area contributed by atoms with Gasteiger partial charge in [-0.3, -0.25) is 9.59 Å². The Morgan fingerprint density at radius 2 is 1.79 bits per heavy atom. The molecular weight excluding hydrogens is 392 g/mol. The lowest BCUT2D eigenvalue weighted by atomic mass is 10.1. The van der Waals surface area contributed by atoms with Crippen molar-refractivity contribution in [3.8, 4) is 0 Å². The Kier molecular flexibility index (Phi) is 9.38. The third kappa shape index (κ3) is 6.88. The minimum Gasteiger partial charge on any atom is -0.355 e. The van der Waals surface area contributed by atoms with Crippen LogP contribution in [0.25, 0.3) is 0 Å². The number of hydrogen-bond donors (Lipinski definition) is 1. The Balaban J connectivity index is 1.98. The van der Waals surface area contributed by atoms with Crippen molar-refractivity contribution in [2.24, 2.45) is 0 Å². The monoisotopic (exact) mass is 418 g/mol. The summed E-state index contributed by atoms with van der Waals surface area (Å²) in [7, 11) is 0. The summed E-state index contributed by atoms with van der Waals surface area (Å²) in [5.74, 6) is 0.809. The van der Waals surface area contributed by atoms with Gasteiger partial charge in [0.2, 0.25) is 11.8 Å². The van der Waals surface area contributed by atoms with Gasteiger partial charge in [0.1, 0.15) is 6.04 Å². The number of hydrogen-bond acceptors (Lipinski definition) is 3. The number of benzene rings is 2. The lowest BCUT2D eigenvalue weighted by Gasteiger charge is -2.28. The molecule has 0 spiro atoms. The first-order valence-electron chi connectivity index (χ1n) is 9.45. The molecule has 0 aromatic heterocycles. The molecule has 0 radical (unpaired) electrons. The fourth-order valence-electron chi connectivity index (χ4n) is 2.84. The van der Waals surface area contributed by atoms with E-state index in [1.165, 1.54) is 11.8 Å². The maximum Gasteiger partial charge on any atom is 0.242 e. The molecule has 1 atom stereocenters. The van der Waals surface area contributed by atoms with Gasteiger partial charge in [0.15, 0.2) is 0 Å². The highest BCUT2D eigenvalue weighted by atomic mass is 35.5. The minimum atomic E-state index is -0.503. The van der Waals surface area contributed by atoms with Crippen molar-refractivity contribution in [1.29, 1.82) is 0 Å². The smallest absolute Gasteiger partial charge is 0.242 e. The molecule has 2 aromatic carbocycles. The van der Waals surface area contributed by atoms with Gasteiger partial charge in [-0.1, -0.05) is 60.1 Å². The number of nitrogens with zero attached hydrogens (tertiary/aromatic N) is 1. The van der Waals surface area contributed by atoms with Gasteiger partial charge in [0, 0.05) is 23.9 Å². The van der Waals surface area contributed by atoms with Crippen LogP contribution >= 0.6 is 23.4 Å². The molecule has 1 N–H and O–H groups in total. The Morgan fingerprint density at radius 1 is 1.11 bits per heavy atom. The summed E-state index contributed by atoms with van der Waals surface area (Å²) in [5.41, 5.74) is 2.15. The first-order valence-corrected chi connectivity index (χ1v) is 11.0. The quantitative estimate of drug-likeness (QED) is 0.630. The summed E-state index contributed by atoms with van der Waals surface area (Å²) in [6, 6.07) is 17.1. The highest BCUT2D eigenvalue weighted by molar-refractivity contribution is 7.99. The first-order chi connectivity index (χ1) is 13.5. The Labute approximate surface area is 176 Å². The molecule has 0 aliphatic heterocycles. The largest absolute Gasteiger partial charge is 0.355 e. The van der Waals surface area contributed by atoms with Crippen molar-refractivity contribution >= 4 is 35.2 Å². The number of carbonyl (C=O) groups excluding carboxylic acids is 2. The van der Waals surface area contributed by atoms with E-state index in [9.17, 15) is 9.59 Å². The van der Waals surface area contributed by atoms with Crippen LogP contribution in [0, 0.1) is 0 Å². The standard InChI is InChI=1S/C22H27ClN2O2S/c1-3-24-22(27)17(2)25(14-13-18-9-5-4-6-10-18)21(26)16-28-15-19-11-7-8-12-20(19)23/h4-12,17H,3,13-16H2,1-2H3,(H,24,27). The van der Waals surface area contributed by atoms with E-state index in [0.29, 0.717) is 36.0 Å². The third-order valence-corrected chi connectivity index (χ3v) is 5.78. The zero-order valence-electron chi connectivity index (χ0n) is 16.4. The van der Waals surface area contributed by atoms with E-state index in [1.54, 1.807) is 11.8 Å². The summed E-state index contributed by atoms with van der Waals surface area (Å²) in [6.07, 6.45) is 0.714. The maximum atomic E-state index is 12.9. The fraction of sp³-hybridized carbons (Fsp3) is 0.364. The lowest BCUT2D eigenvalue weighted by molar-refractivity contribution is -0.137. The van der Waals surface area contributed by atoms with Gasteiger partial charge in [-0.15, -0.1) is 11.8 Å². The summed E-state index contributed by atoms with van der Waals surface area (Å²) >= 11 is 7.70. The van der Waals surface area contributed by atoms with Crippen molar-refractivity contribution in [1.82, 2.24) is 10.2 Å². The first kappa shape index (κ1) is 22.3. The molecule has 0 bridgehead atoms. The van der Waals surface area contributed by atoms with Crippen LogP contribution < -0.4 is 5.32 Å². The predicted octanol–water partition coefficient (Wildman–Crippen LogP) is 4.17. The zero-order chi connectivity index (χ0) is 20.4. The van der Waals surface area contributed by atoms with Crippen molar-refractivity contribution in [2.45, 2.75) is 32.1 Å². The van der Waals surface area contributed by atoms with Crippen LogP contribution in [0.4, 0.5) is 0 Å². The van der Waals surface area contributed by atoms with Gasteiger partial charge in [-0.25, -0.2) is 0 Å². The molecule has 2 rings (SSSR count). The molecule has 2 aromatic rings. The second-order valence-corrected chi connectivity index (χ2v) is 7.87. The van der Waals surface area contributed by atoms with Gasteiger partial charge >= 0.3 is 0 Å². The molecule has 4 nitrogen and oxygen atoms in total. The van der Waals surface area contributed by atoms with Crippen molar-refractivity contribution in [3.63, 3.8) is 0 Å². The second kappa shape index (κ2) is 11.8. The highest BCUT2D eigenvalue weighted by Gasteiger charge is 2.25. The van der Waals surface area contributed by atoms with Crippen LogP contribution in [-0.2, 0) is 21.8 Å². The van der Waals surface area contributed by atoms with E-state index >= 15 is 0 Å². The van der Waals surface area contributed by atoms with E-state index in [0.717, 1.165) is 11.1 Å². The Morgan fingerprint density at radius 3 is 2.46 bits per heavy atom. The number of carbonyl (C=O) groups is 2. The molecule has 150 valence electrons. The van der Waals surface area contributed by atoms with Crippen molar-refractivity contribution in [3.05, 3.63) is 70.7 Å². The van der Waals surface area contributed by atoms with Gasteiger partial charge in [-0.2, -0.15) is 0 Å². The van der Waals surface area contributed by atoms with Crippen LogP contribution in [0.2, 0.25) is 5.02 Å². The number of amides is 2. The summed E-state index contributed by atoms with van der Waals surface area (Å²) in [4.78, 5) is 26.9. The SMILES string of the molecule is CCNC(=O)C(C)N(CCc1ccccc1)C(=O)CSCc1ccccc1Cl. The van der Waals surface area contributed by atoms with Crippen LogP contribution in [0.1, 0.15) is 25.0 Å². The number of thioether (sulfide) groups is 1. The van der Waals surface area contributed by atoms with E-state index in [2.05, 4.69) is 5.32 Å². The number of rotatable bonds is 10. The van der Waals surface area contributed by atoms with E-state index in [4.69, 9.17) is 11.6 Å². The molecule has 0 saturated heterocycles. The zero-order valence-corrected chi connectivity index (χ0v) is 17.9. The average Bonchev–Trinajstić information content (AvgIpc) is 2.70. The molecular formula is C22H27ClN2O2S. The maximum absolute atomic E-state index is 12.9. The Hall–Kier alpha value is -1.98. The summed E-state index contributed by atoms with van der Waals surface area (Å²) in [5, 5.41) is 3.52. The van der Waals surface area contributed by atoms with E-state index in [-0.39, 0.29) is 11.8 Å². The van der Waals surface area contributed by atoms with E-state index < -0.39 is 6.04 Å². The molecule has 0 fully saturated rings. The van der Waals surface area contributed by atoms with Crippen LogP contribution in [0.3, 0.4) is 0 Å². The average molecular weight is 419 g/mol. The van der Waals surface area contributed by atoms with Crippen LogP contribution in [0.15, 0.2) is 54.6 Å². The number of likely N-dealkylation sites (N-methyl/N-ethyl adjacent to an activating group) is 1. The summed E-state index contributed by atoms with van der Waals surface area (Å²) < 4.78 is 0. The van der Waals surface area contributed by atoms with E-state index in [1.807, 2.05) is 61.5 Å². The second-order valence-electron chi connectivity index (χ2n) is 6.48. The lowest BCUT2D eigenvalue weighted by Crippen LogP contribution is -2.49. The van der Waals surface area contributed by atoms with Gasteiger partial charge in [0.05, 0.1) is 5.75 Å².